The van der Waals surface area contributed by atoms with E-state index in [1.54, 1.807) is 0 Å². The van der Waals surface area contributed by atoms with Crippen molar-refractivity contribution in [3.63, 3.8) is 0 Å². The second-order valence-corrected chi connectivity index (χ2v) is 2.01. The minimum atomic E-state index is -0.917. The molecule has 0 saturated heterocycles. The maximum absolute atomic E-state index is 10.0. The van der Waals surface area contributed by atoms with E-state index in [1.807, 2.05) is 0 Å². The van der Waals surface area contributed by atoms with Crippen LogP contribution in [0.1, 0.15) is 6.42 Å². The standard InChI is InChI=1S/C5H13N3O2/c6-2-1-3-8(7)4-5(9)10/h1-4,6-7H2,(H,9,10). The smallest absolute Gasteiger partial charge is 0.319 e. The van der Waals surface area contributed by atoms with E-state index in [0.29, 0.717) is 13.1 Å². The molecule has 0 aromatic heterocycles. The van der Waals surface area contributed by atoms with E-state index in [9.17, 15) is 4.79 Å². The van der Waals surface area contributed by atoms with Gasteiger partial charge >= 0.3 is 5.97 Å². The van der Waals surface area contributed by atoms with Gasteiger partial charge in [0.15, 0.2) is 0 Å². The van der Waals surface area contributed by atoms with E-state index in [0.717, 1.165) is 6.42 Å². The van der Waals surface area contributed by atoms with Crippen LogP contribution in [0.5, 0.6) is 0 Å². The third-order valence-electron chi connectivity index (χ3n) is 0.988. The van der Waals surface area contributed by atoms with Crippen molar-refractivity contribution < 1.29 is 9.90 Å². The number of rotatable bonds is 5. The van der Waals surface area contributed by atoms with E-state index in [4.69, 9.17) is 16.7 Å². The van der Waals surface area contributed by atoms with Gasteiger partial charge < -0.3 is 10.8 Å². The number of carbonyl (C=O) groups is 1. The lowest BCUT2D eigenvalue weighted by Gasteiger charge is -2.11. The molecule has 5 nitrogen and oxygen atoms in total. The van der Waals surface area contributed by atoms with Gasteiger partial charge in [0, 0.05) is 6.54 Å². The van der Waals surface area contributed by atoms with Crippen molar-refractivity contribution in [3.05, 3.63) is 0 Å². The number of aliphatic carboxylic acids is 1. The van der Waals surface area contributed by atoms with Gasteiger partial charge in [0.2, 0.25) is 0 Å². The van der Waals surface area contributed by atoms with Crippen LogP contribution in [0.4, 0.5) is 0 Å². The number of nitrogens with zero attached hydrogens (tertiary/aromatic N) is 1. The van der Waals surface area contributed by atoms with Crippen LogP contribution in [-0.4, -0.2) is 35.7 Å². The second-order valence-electron chi connectivity index (χ2n) is 2.01. The Labute approximate surface area is 59.6 Å². The number of nitrogens with two attached hydrogens (primary N) is 2. The van der Waals surface area contributed by atoms with Gasteiger partial charge in [0.05, 0.1) is 0 Å². The van der Waals surface area contributed by atoms with Gasteiger partial charge in [0.25, 0.3) is 0 Å². The van der Waals surface area contributed by atoms with E-state index >= 15 is 0 Å². The number of hydrogen-bond acceptors (Lipinski definition) is 4. The van der Waals surface area contributed by atoms with Crippen LogP contribution in [-0.2, 0) is 4.79 Å². The van der Waals surface area contributed by atoms with E-state index in [-0.39, 0.29) is 6.54 Å². The highest BCUT2D eigenvalue weighted by Gasteiger charge is 2.02. The molecular formula is C5H13N3O2. The molecule has 0 heterocycles. The molecule has 0 amide bonds. The fourth-order valence-corrected chi connectivity index (χ4v) is 0.547. The zero-order valence-corrected chi connectivity index (χ0v) is 5.79. The number of hydrazine groups is 1. The van der Waals surface area contributed by atoms with E-state index in [1.165, 1.54) is 5.01 Å². The van der Waals surface area contributed by atoms with Crippen molar-refractivity contribution in [2.24, 2.45) is 11.6 Å². The molecule has 0 atom stereocenters. The van der Waals surface area contributed by atoms with Crippen LogP contribution < -0.4 is 11.6 Å². The molecule has 0 aliphatic carbocycles. The van der Waals surface area contributed by atoms with Crippen molar-refractivity contribution >= 4 is 5.97 Å². The predicted octanol–water partition coefficient (Wildman–Crippen LogP) is -1.40. The molecule has 0 bridgehead atoms. The summed E-state index contributed by atoms with van der Waals surface area (Å²) in [7, 11) is 0. The van der Waals surface area contributed by atoms with Crippen molar-refractivity contribution in [3.8, 4) is 0 Å². The van der Waals surface area contributed by atoms with Gasteiger partial charge in [0.1, 0.15) is 6.54 Å². The van der Waals surface area contributed by atoms with Gasteiger partial charge in [-0.15, -0.1) is 0 Å². The molecule has 0 unspecified atom stereocenters. The molecule has 0 aliphatic heterocycles. The fraction of sp³-hybridized carbons (Fsp3) is 0.800. The SMILES string of the molecule is NCCCN(N)CC(=O)O. The van der Waals surface area contributed by atoms with Crippen molar-refractivity contribution in [2.75, 3.05) is 19.6 Å². The normalized spacial score (nSPS) is 10.3. The maximum Gasteiger partial charge on any atom is 0.319 e. The second kappa shape index (κ2) is 5.16. The van der Waals surface area contributed by atoms with Crippen LogP contribution in [0.2, 0.25) is 0 Å². The van der Waals surface area contributed by atoms with Crippen LogP contribution >= 0.6 is 0 Å². The Balaban J connectivity index is 3.25. The average Bonchev–Trinajstić information content (AvgIpc) is 1.82. The van der Waals surface area contributed by atoms with Crippen LogP contribution in [0.25, 0.3) is 0 Å². The highest BCUT2D eigenvalue weighted by Crippen LogP contribution is 1.80. The summed E-state index contributed by atoms with van der Waals surface area (Å²) in [4.78, 5) is 10.0. The first-order valence-electron chi connectivity index (χ1n) is 3.08. The molecule has 60 valence electrons. The topological polar surface area (TPSA) is 92.6 Å². The average molecular weight is 147 g/mol. The lowest BCUT2D eigenvalue weighted by Crippen LogP contribution is -2.37. The van der Waals surface area contributed by atoms with Crippen molar-refractivity contribution in [2.45, 2.75) is 6.42 Å². The van der Waals surface area contributed by atoms with Gasteiger partial charge in [-0.1, -0.05) is 0 Å². The molecule has 5 heteroatoms. The molecule has 0 aromatic rings. The molecule has 0 aromatic carbocycles. The lowest BCUT2D eigenvalue weighted by molar-refractivity contribution is -0.138. The summed E-state index contributed by atoms with van der Waals surface area (Å²) in [6.45, 7) is 0.941. The Kier molecular flexibility index (Phi) is 4.82. The minimum Gasteiger partial charge on any atom is -0.480 e. The van der Waals surface area contributed by atoms with Gasteiger partial charge in [-0.25, -0.2) is 5.01 Å². The zero-order valence-electron chi connectivity index (χ0n) is 5.79. The highest BCUT2D eigenvalue weighted by atomic mass is 16.4. The van der Waals surface area contributed by atoms with E-state index < -0.39 is 5.97 Å². The Morgan fingerprint density at radius 2 is 2.20 bits per heavy atom. The molecular weight excluding hydrogens is 134 g/mol. The van der Waals surface area contributed by atoms with Crippen LogP contribution in [0.15, 0.2) is 0 Å². The minimum absolute atomic E-state index is 0.125. The Morgan fingerprint density at radius 1 is 1.60 bits per heavy atom. The molecule has 5 N–H and O–H groups in total. The number of carboxylic acid groups (broad SMARTS) is 1. The third-order valence-corrected chi connectivity index (χ3v) is 0.988. The summed E-state index contributed by atoms with van der Waals surface area (Å²) in [6.07, 6.45) is 0.726. The van der Waals surface area contributed by atoms with Crippen molar-refractivity contribution in [1.82, 2.24) is 5.01 Å². The zero-order chi connectivity index (χ0) is 7.98. The quantitative estimate of drug-likeness (QED) is 0.328. The molecule has 0 fully saturated rings. The summed E-state index contributed by atoms with van der Waals surface area (Å²) in [6, 6.07) is 0. The predicted molar refractivity (Wildman–Crippen MR) is 37.1 cm³/mol. The van der Waals surface area contributed by atoms with Crippen molar-refractivity contribution in [1.29, 1.82) is 0 Å². The van der Waals surface area contributed by atoms with E-state index in [2.05, 4.69) is 0 Å². The Morgan fingerprint density at radius 3 is 2.60 bits per heavy atom. The first-order valence-corrected chi connectivity index (χ1v) is 3.08. The van der Waals surface area contributed by atoms with Crippen LogP contribution in [0.3, 0.4) is 0 Å². The molecule has 0 rings (SSSR count). The maximum atomic E-state index is 10.0. The Hall–Kier alpha value is -0.650. The summed E-state index contributed by atoms with van der Waals surface area (Å²) in [5, 5.41) is 9.46. The lowest BCUT2D eigenvalue weighted by atomic mass is 10.4. The summed E-state index contributed by atoms with van der Waals surface area (Å²) in [5.41, 5.74) is 5.18. The monoisotopic (exact) mass is 147 g/mol. The molecule has 10 heavy (non-hydrogen) atoms. The largest absolute Gasteiger partial charge is 0.480 e. The molecule has 0 saturated carbocycles. The summed E-state index contributed by atoms with van der Waals surface area (Å²) < 4.78 is 0. The molecule has 0 radical (unpaired) electrons. The summed E-state index contributed by atoms with van der Waals surface area (Å²) >= 11 is 0. The first-order chi connectivity index (χ1) is 4.66. The first kappa shape index (κ1) is 9.35. The number of carboxylic acids is 1. The number of hydrogen-bond donors (Lipinski definition) is 3. The van der Waals surface area contributed by atoms with Gasteiger partial charge in [-0.05, 0) is 13.0 Å². The molecule has 0 spiro atoms. The van der Waals surface area contributed by atoms with Gasteiger partial charge in [-0.2, -0.15) is 0 Å². The highest BCUT2D eigenvalue weighted by molar-refractivity contribution is 5.68. The molecule has 0 aliphatic rings. The fourth-order valence-electron chi connectivity index (χ4n) is 0.547. The van der Waals surface area contributed by atoms with Crippen LogP contribution in [0, 0.1) is 0 Å². The summed E-state index contributed by atoms with van der Waals surface area (Å²) in [5.74, 6) is 4.34. The Bertz CT molecular complexity index is 107. The third kappa shape index (κ3) is 5.49. The van der Waals surface area contributed by atoms with Gasteiger partial charge in [-0.3, -0.25) is 10.6 Å².